The molecule has 4 aliphatic rings. The summed E-state index contributed by atoms with van der Waals surface area (Å²) in [7, 11) is 0. The first-order chi connectivity index (χ1) is 12.8. The van der Waals surface area contributed by atoms with Crippen molar-refractivity contribution in [3.8, 4) is 0 Å². The second-order valence-corrected chi connectivity index (χ2v) is 9.29. The minimum absolute atomic E-state index is 0.316. The first-order valence-corrected chi connectivity index (χ1v) is 10.1. The quantitative estimate of drug-likeness (QED) is 0.755. The molecule has 4 aliphatic carbocycles. The summed E-state index contributed by atoms with van der Waals surface area (Å²) < 4.78 is 5.57. The van der Waals surface area contributed by atoms with Gasteiger partial charge in [-0.25, -0.2) is 0 Å². The average Bonchev–Trinajstić information content (AvgIpc) is 2.58. The van der Waals surface area contributed by atoms with Crippen molar-refractivity contribution in [2.24, 2.45) is 17.3 Å². The molecule has 0 heterocycles. The molecule has 0 aromatic heterocycles. The van der Waals surface area contributed by atoms with Crippen LogP contribution in [0.4, 0.5) is 0 Å². The molecule has 5 nitrogen and oxygen atoms in total. The van der Waals surface area contributed by atoms with Crippen molar-refractivity contribution in [3.05, 3.63) is 34.9 Å². The zero-order valence-electron chi connectivity index (χ0n) is 15.5. The van der Waals surface area contributed by atoms with Crippen LogP contribution in [0.15, 0.2) is 24.3 Å². The van der Waals surface area contributed by atoms with Gasteiger partial charge in [0.25, 0.3) is 5.91 Å². The highest BCUT2D eigenvalue weighted by Gasteiger charge is 2.61. The van der Waals surface area contributed by atoms with Gasteiger partial charge >= 0.3 is 5.97 Å². The number of halogens is 1. The lowest BCUT2D eigenvalue weighted by Crippen LogP contribution is -2.59. The molecule has 3 unspecified atom stereocenters. The van der Waals surface area contributed by atoms with Crippen molar-refractivity contribution < 1.29 is 19.4 Å². The SMILES string of the molecule is CC(OC(=O)C12CC3CC(CC(O)(C3)C1)C2)C(=O)NCc1ccc(Cl)cc1. The molecule has 1 aromatic rings. The lowest BCUT2D eigenvalue weighted by atomic mass is 9.48. The second kappa shape index (κ2) is 6.78. The Morgan fingerprint density at radius 2 is 1.85 bits per heavy atom. The van der Waals surface area contributed by atoms with Gasteiger partial charge in [-0.05, 0) is 75.0 Å². The largest absolute Gasteiger partial charge is 0.452 e. The van der Waals surface area contributed by atoms with Crippen LogP contribution in [-0.2, 0) is 20.9 Å². The molecule has 27 heavy (non-hydrogen) atoms. The average molecular weight is 392 g/mol. The molecule has 146 valence electrons. The van der Waals surface area contributed by atoms with E-state index in [9.17, 15) is 14.7 Å². The van der Waals surface area contributed by atoms with E-state index in [1.807, 2.05) is 12.1 Å². The molecule has 6 heteroatoms. The van der Waals surface area contributed by atoms with E-state index in [0.717, 1.165) is 37.7 Å². The maximum Gasteiger partial charge on any atom is 0.312 e. The molecule has 0 radical (unpaired) electrons. The van der Waals surface area contributed by atoms with Gasteiger partial charge in [0.2, 0.25) is 0 Å². The third kappa shape index (κ3) is 3.72. The van der Waals surface area contributed by atoms with Crippen molar-refractivity contribution in [3.63, 3.8) is 0 Å². The summed E-state index contributed by atoms with van der Waals surface area (Å²) >= 11 is 5.86. The van der Waals surface area contributed by atoms with Gasteiger partial charge in [0, 0.05) is 11.6 Å². The number of hydrogen-bond donors (Lipinski definition) is 2. The van der Waals surface area contributed by atoms with Gasteiger partial charge in [0.05, 0.1) is 11.0 Å². The molecule has 4 fully saturated rings. The maximum atomic E-state index is 12.9. The van der Waals surface area contributed by atoms with Gasteiger partial charge in [-0.3, -0.25) is 9.59 Å². The van der Waals surface area contributed by atoms with Crippen LogP contribution in [0.3, 0.4) is 0 Å². The Balaban J connectivity index is 1.35. The van der Waals surface area contributed by atoms with Crippen LogP contribution in [0.1, 0.15) is 51.0 Å². The van der Waals surface area contributed by atoms with E-state index in [1.54, 1.807) is 19.1 Å². The van der Waals surface area contributed by atoms with Crippen LogP contribution in [0.2, 0.25) is 5.02 Å². The Morgan fingerprint density at radius 3 is 2.44 bits per heavy atom. The summed E-state index contributed by atoms with van der Waals surface area (Å²) in [5.74, 6) is 0.168. The Labute approximate surface area is 164 Å². The Hall–Kier alpha value is -1.59. The van der Waals surface area contributed by atoms with Crippen LogP contribution in [-0.4, -0.2) is 28.7 Å². The number of benzene rings is 1. The van der Waals surface area contributed by atoms with Crippen LogP contribution in [0.5, 0.6) is 0 Å². The monoisotopic (exact) mass is 391 g/mol. The topological polar surface area (TPSA) is 75.6 Å². The second-order valence-electron chi connectivity index (χ2n) is 8.86. The first-order valence-electron chi connectivity index (χ1n) is 9.73. The van der Waals surface area contributed by atoms with Gasteiger partial charge in [0.1, 0.15) is 0 Å². The number of hydrogen-bond acceptors (Lipinski definition) is 4. The summed E-state index contributed by atoms with van der Waals surface area (Å²) in [6, 6.07) is 7.22. The van der Waals surface area contributed by atoms with E-state index in [0.29, 0.717) is 29.8 Å². The fourth-order valence-electron chi connectivity index (χ4n) is 5.73. The zero-order valence-corrected chi connectivity index (χ0v) is 16.3. The summed E-state index contributed by atoms with van der Waals surface area (Å²) in [6.07, 6.45) is 3.89. The van der Waals surface area contributed by atoms with Crippen LogP contribution < -0.4 is 5.32 Å². The number of aliphatic hydroxyl groups is 1. The molecule has 1 aromatic carbocycles. The van der Waals surface area contributed by atoms with E-state index >= 15 is 0 Å². The zero-order chi connectivity index (χ0) is 19.2. The van der Waals surface area contributed by atoms with E-state index in [2.05, 4.69) is 5.32 Å². The number of ether oxygens (including phenoxy) is 1. The summed E-state index contributed by atoms with van der Waals surface area (Å²) in [5.41, 5.74) is -0.401. The Morgan fingerprint density at radius 1 is 1.22 bits per heavy atom. The molecule has 5 rings (SSSR count). The molecular formula is C21H26ClNO4. The lowest BCUT2D eigenvalue weighted by Gasteiger charge is -2.58. The predicted octanol–water partition coefficient (Wildman–Crippen LogP) is 3.22. The standard InChI is InChI=1S/C21H26ClNO4/c1-13(18(24)23-11-14-2-4-17(22)5-3-14)27-19(25)20-7-15-6-16(8-20)10-21(26,9-15)12-20/h2-5,13,15-16,26H,6-12H2,1H3,(H,23,24). The third-order valence-electron chi connectivity index (χ3n) is 6.50. The highest BCUT2D eigenvalue weighted by atomic mass is 35.5. The van der Waals surface area contributed by atoms with E-state index in [1.165, 1.54) is 0 Å². The van der Waals surface area contributed by atoms with Crippen molar-refractivity contribution >= 4 is 23.5 Å². The van der Waals surface area contributed by atoms with Gasteiger partial charge in [-0.15, -0.1) is 0 Å². The minimum Gasteiger partial charge on any atom is -0.452 e. The van der Waals surface area contributed by atoms with Crippen LogP contribution >= 0.6 is 11.6 Å². The van der Waals surface area contributed by atoms with Gasteiger partial charge in [0.15, 0.2) is 6.10 Å². The van der Waals surface area contributed by atoms with Crippen LogP contribution in [0, 0.1) is 17.3 Å². The smallest absolute Gasteiger partial charge is 0.312 e. The fraction of sp³-hybridized carbons (Fsp3) is 0.619. The first kappa shape index (κ1) is 18.8. The summed E-state index contributed by atoms with van der Waals surface area (Å²) in [6.45, 7) is 1.96. The summed E-state index contributed by atoms with van der Waals surface area (Å²) in [4.78, 5) is 25.3. The number of amides is 1. The maximum absolute atomic E-state index is 12.9. The normalized spacial score (nSPS) is 34.9. The minimum atomic E-state index is -0.854. The highest BCUT2D eigenvalue weighted by Crippen LogP contribution is 2.62. The number of rotatable bonds is 5. The van der Waals surface area contributed by atoms with Gasteiger partial charge in [-0.2, -0.15) is 0 Å². The number of carbonyl (C=O) groups is 2. The van der Waals surface area contributed by atoms with Crippen molar-refractivity contribution in [1.82, 2.24) is 5.32 Å². The highest BCUT2D eigenvalue weighted by molar-refractivity contribution is 6.30. The number of esters is 1. The van der Waals surface area contributed by atoms with E-state index < -0.39 is 17.1 Å². The van der Waals surface area contributed by atoms with E-state index in [-0.39, 0.29) is 11.9 Å². The Kier molecular flexibility index (Phi) is 4.71. The summed E-state index contributed by atoms with van der Waals surface area (Å²) in [5, 5.41) is 14.2. The molecule has 0 saturated heterocycles. The lowest BCUT2D eigenvalue weighted by molar-refractivity contribution is -0.200. The van der Waals surface area contributed by atoms with Gasteiger partial charge in [-0.1, -0.05) is 23.7 Å². The molecule has 1 amide bonds. The molecule has 0 aliphatic heterocycles. The van der Waals surface area contributed by atoms with E-state index in [4.69, 9.17) is 16.3 Å². The predicted molar refractivity (Wildman–Crippen MR) is 101 cm³/mol. The third-order valence-corrected chi connectivity index (χ3v) is 6.75. The molecule has 4 bridgehead atoms. The van der Waals surface area contributed by atoms with Crippen LogP contribution in [0.25, 0.3) is 0 Å². The molecular weight excluding hydrogens is 366 g/mol. The van der Waals surface area contributed by atoms with Gasteiger partial charge < -0.3 is 15.2 Å². The fourth-order valence-corrected chi connectivity index (χ4v) is 5.85. The molecule has 4 saturated carbocycles. The van der Waals surface area contributed by atoms with Crippen molar-refractivity contribution in [2.75, 3.05) is 0 Å². The molecule has 0 spiro atoms. The van der Waals surface area contributed by atoms with Crippen molar-refractivity contribution in [1.29, 1.82) is 0 Å². The Bertz CT molecular complexity index is 733. The number of nitrogens with one attached hydrogen (secondary N) is 1. The molecule has 3 atom stereocenters. The molecule has 2 N–H and O–H groups in total. The van der Waals surface area contributed by atoms with Crippen molar-refractivity contribution in [2.45, 2.75) is 63.7 Å². The number of carbonyl (C=O) groups excluding carboxylic acids is 2.